The largest absolute Gasteiger partial charge is 0.480 e. The van der Waals surface area contributed by atoms with E-state index in [0.717, 1.165) is 6.42 Å². The van der Waals surface area contributed by atoms with Crippen molar-refractivity contribution in [1.29, 1.82) is 0 Å². The van der Waals surface area contributed by atoms with Crippen LogP contribution in [0.3, 0.4) is 0 Å². The molecule has 0 aromatic carbocycles. The Bertz CT molecular complexity index is 314. The molecule has 19 heavy (non-hydrogen) atoms. The van der Waals surface area contributed by atoms with Gasteiger partial charge >= 0.3 is 12.0 Å². The molecule has 1 aliphatic heterocycles. The Morgan fingerprint density at radius 2 is 2.32 bits per heavy atom. The van der Waals surface area contributed by atoms with E-state index in [0.29, 0.717) is 31.9 Å². The lowest BCUT2D eigenvalue weighted by Gasteiger charge is -2.24. The number of nitrogens with one attached hydrogen (secondary N) is 1. The average molecular weight is 290 g/mol. The van der Waals surface area contributed by atoms with Gasteiger partial charge in [-0.2, -0.15) is 11.8 Å². The number of hydrogen-bond donors (Lipinski definition) is 2. The quantitative estimate of drug-likeness (QED) is 0.790. The van der Waals surface area contributed by atoms with Crippen LogP contribution in [-0.2, 0) is 9.53 Å². The number of carboxylic acids is 1. The van der Waals surface area contributed by atoms with Gasteiger partial charge < -0.3 is 20.1 Å². The molecule has 0 aromatic heterocycles. The van der Waals surface area contributed by atoms with Crippen molar-refractivity contribution in [2.75, 3.05) is 31.7 Å². The number of carbonyl (C=O) groups is 2. The second-order valence-corrected chi connectivity index (χ2v) is 5.59. The number of carbonyl (C=O) groups excluding carboxylic acids is 1. The molecule has 2 amide bonds. The molecule has 1 aliphatic rings. The Balaban J connectivity index is 2.52. The second kappa shape index (κ2) is 8.27. The maximum absolute atomic E-state index is 12.1. The van der Waals surface area contributed by atoms with E-state index in [1.54, 1.807) is 16.7 Å². The number of carboxylic acid groups (broad SMARTS) is 1. The van der Waals surface area contributed by atoms with Gasteiger partial charge in [0.15, 0.2) is 0 Å². The molecule has 0 aromatic rings. The third kappa shape index (κ3) is 5.69. The van der Waals surface area contributed by atoms with Gasteiger partial charge in [0.25, 0.3) is 0 Å². The average Bonchev–Trinajstić information content (AvgIpc) is 2.58. The van der Waals surface area contributed by atoms with Crippen molar-refractivity contribution >= 4 is 23.8 Å². The first-order valence-electron chi connectivity index (χ1n) is 6.43. The SMILES string of the molecule is CSCC[C@H](NC(=O)N1CCCOC(C)C1)C(=O)O. The van der Waals surface area contributed by atoms with E-state index in [2.05, 4.69) is 5.32 Å². The molecular formula is C12H22N2O4S. The normalized spacial score (nSPS) is 21.6. The Kier molecular flexibility index (Phi) is 7.01. The highest BCUT2D eigenvalue weighted by Crippen LogP contribution is 2.07. The molecule has 1 fully saturated rings. The summed E-state index contributed by atoms with van der Waals surface area (Å²) in [5.74, 6) is -0.280. The van der Waals surface area contributed by atoms with Crippen LogP contribution in [0, 0.1) is 0 Å². The molecule has 0 aliphatic carbocycles. The molecule has 2 N–H and O–H groups in total. The van der Waals surface area contributed by atoms with E-state index in [1.165, 1.54) is 0 Å². The first-order chi connectivity index (χ1) is 9.04. The van der Waals surface area contributed by atoms with Gasteiger partial charge in [-0.15, -0.1) is 0 Å². The molecule has 1 rings (SSSR count). The summed E-state index contributed by atoms with van der Waals surface area (Å²) in [5.41, 5.74) is 0. The third-order valence-corrected chi connectivity index (χ3v) is 3.59. The van der Waals surface area contributed by atoms with Gasteiger partial charge in [-0.05, 0) is 31.8 Å². The number of aliphatic carboxylic acids is 1. The molecular weight excluding hydrogens is 268 g/mol. The molecule has 0 bridgehead atoms. The molecule has 0 radical (unpaired) electrons. The van der Waals surface area contributed by atoms with Crippen molar-refractivity contribution < 1.29 is 19.4 Å². The highest BCUT2D eigenvalue weighted by atomic mass is 32.2. The van der Waals surface area contributed by atoms with Crippen molar-refractivity contribution in [3.05, 3.63) is 0 Å². The van der Waals surface area contributed by atoms with E-state index in [1.807, 2.05) is 13.2 Å². The van der Waals surface area contributed by atoms with Crippen LogP contribution in [0.5, 0.6) is 0 Å². The summed E-state index contributed by atoms with van der Waals surface area (Å²) in [6.45, 7) is 3.65. The van der Waals surface area contributed by atoms with E-state index in [-0.39, 0.29) is 12.1 Å². The number of thioether (sulfide) groups is 1. The lowest BCUT2D eigenvalue weighted by molar-refractivity contribution is -0.139. The standard InChI is InChI=1S/C12H22N2O4S/c1-9-8-14(5-3-6-18-9)12(17)13-10(11(15)16)4-7-19-2/h9-10H,3-8H2,1-2H3,(H,13,17)(H,15,16)/t9?,10-/m0/s1. The molecule has 1 saturated heterocycles. The van der Waals surface area contributed by atoms with Crippen LogP contribution in [0.2, 0.25) is 0 Å². The highest BCUT2D eigenvalue weighted by molar-refractivity contribution is 7.98. The highest BCUT2D eigenvalue weighted by Gasteiger charge is 2.25. The Morgan fingerprint density at radius 3 is 2.95 bits per heavy atom. The Labute approximate surface area is 117 Å². The zero-order valence-corrected chi connectivity index (χ0v) is 12.2. The summed E-state index contributed by atoms with van der Waals surface area (Å²) < 4.78 is 5.46. The van der Waals surface area contributed by atoms with Gasteiger partial charge in [0.05, 0.1) is 6.10 Å². The summed E-state index contributed by atoms with van der Waals surface area (Å²) in [5, 5.41) is 11.7. The van der Waals surface area contributed by atoms with Crippen LogP contribution in [0.1, 0.15) is 19.8 Å². The number of rotatable bonds is 5. The van der Waals surface area contributed by atoms with Crippen LogP contribution in [0.25, 0.3) is 0 Å². The van der Waals surface area contributed by atoms with Crippen molar-refractivity contribution in [3.8, 4) is 0 Å². The zero-order chi connectivity index (χ0) is 14.3. The van der Waals surface area contributed by atoms with Gasteiger partial charge in [0, 0.05) is 19.7 Å². The fraction of sp³-hybridized carbons (Fsp3) is 0.833. The van der Waals surface area contributed by atoms with Crippen LogP contribution < -0.4 is 5.32 Å². The molecule has 2 atom stereocenters. The summed E-state index contributed by atoms with van der Waals surface area (Å²) in [6, 6.07) is -1.13. The smallest absolute Gasteiger partial charge is 0.326 e. The minimum absolute atomic E-state index is 0.0114. The van der Waals surface area contributed by atoms with Gasteiger partial charge in [0.2, 0.25) is 0 Å². The molecule has 1 unspecified atom stereocenters. The van der Waals surface area contributed by atoms with Crippen molar-refractivity contribution in [1.82, 2.24) is 10.2 Å². The van der Waals surface area contributed by atoms with Gasteiger partial charge in [0.1, 0.15) is 6.04 Å². The number of amides is 2. The number of nitrogens with zero attached hydrogens (tertiary/aromatic N) is 1. The summed E-state index contributed by atoms with van der Waals surface area (Å²) in [4.78, 5) is 24.8. The van der Waals surface area contributed by atoms with Crippen molar-refractivity contribution in [2.45, 2.75) is 31.9 Å². The summed E-state index contributed by atoms with van der Waals surface area (Å²) >= 11 is 1.57. The predicted molar refractivity (Wildman–Crippen MR) is 74.6 cm³/mol. The number of hydrogen-bond acceptors (Lipinski definition) is 4. The molecule has 6 nitrogen and oxygen atoms in total. The van der Waals surface area contributed by atoms with E-state index in [9.17, 15) is 9.59 Å². The molecule has 1 heterocycles. The number of urea groups is 1. The van der Waals surface area contributed by atoms with Crippen LogP contribution >= 0.6 is 11.8 Å². The number of ether oxygens (including phenoxy) is 1. The van der Waals surface area contributed by atoms with Crippen molar-refractivity contribution in [3.63, 3.8) is 0 Å². The molecule has 110 valence electrons. The van der Waals surface area contributed by atoms with Crippen LogP contribution in [0.4, 0.5) is 4.79 Å². The first-order valence-corrected chi connectivity index (χ1v) is 7.82. The lowest BCUT2D eigenvalue weighted by Crippen LogP contribution is -2.49. The second-order valence-electron chi connectivity index (χ2n) is 4.60. The minimum Gasteiger partial charge on any atom is -0.480 e. The van der Waals surface area contributed by atoms with Gasteiger partial charge in [-0.3, -0.25) is 0 Å². The van der Waals surface area contributed by atoms with Gasteiger partial charge in [-0.1, -0.05) is 0 Å². The third-order valence-electron chi connectivity index (χ3n) is 2.95. The minimum atomic E-state index is -0.985. The zero-order valence-electron chi connectivity index (χ0n) is 11.4. The fourth-order valence-corrected chi connectivity index (χ4v) is 2.38. The summed E-state index contributed by atoms with van der Waals surface area (Å²) in [7, 11) is 0. The van der Waals surface area contributed by atoms with Crippen molar-refractivity contribution in [2.24, 2.45) is 0 Å². The lowest BCUT2D eigenvalue weighted by atomic mass is 10.2. The van der Waals surface area contributed by atoms with E-state index in [4.69, 9.17) is 9.84 Å². The topological polar surface area (TPSA) is 78.9 Å². The van der Waals surface area contributed by atoms with Gasteiger partial charge in [-0.25, -0.2) is 9.59 Å². The van der Waals surface area contributed by atoms with E-state index >= 15 is 0 Å². The van der Waals surface area contributed by atoms with Crippen LogP contribution in [0.15, 0.2) is 0 Å². The maximum Gasteiger partial charge on any atom is 0.326 e. The Hall–Kier alpha value is -0.950. The summed E-state index contributed by atoms with van der Waals surface area (Å²) in [6.07, 6.45) is 3.11. The first kappa shape index (κ1) is 16.1. The molecule has 0 saturated carbocycles. The predicted octanol–water partition coefficient (Wildman–Crippen LogP) is 1.01. The molecule has 0 spiro atoms. The maximum atomic E-state index is 12.1. The van der Waals surface area contributed by atoms with E-state index < -0.39 is 12.0 Å². The Morgan fingerprint density at radius 1 is 1.58 bits per heavy atom. The fourth-order valence-electron chi connectivity index (χ4n) is 1.91. The molecule has 7 heteroatoms. The van der Waals surface area contributed by atoms with Crippen LogP contribution in [-0.4, -0.2) is 65.9 Å². The monoisotopic (exact) mass is 290 g/mol.